The number of hydrogen-bond acceptors (Lipinski definition) is 4. The Bertz CT molecular complexity index is 415. The van der Waals surface area contributed by atoms with Crippen molar-refractivity contribution in [3.63, 3.8) is 0 Å². The molecule has 1 rings (SSSR count). The van der Waals surface area contributed by atoms with Gasteiger partial charge < -0.3 is 19.7 Å². The molecule has 0 spiro atoms. The number of rotatable bonds is 9. The van der Waals surface area contributed by atoms with E-state index in [0.29, 0.717) is 25.6 Å². The fourth-order valence-corrected chi connectivity index (χ4v) is 2.01. The summed E-state index contributed by atoms with van der Waals surface area (Å²) in [6.07, 6.45) is 3.00. The molecular formula is C16H26O4. The molecule has 0 amide bonds. The van der Waals surface area contributed by atoms with Crippen molar-refractivity contribution in [1.82, 2.24) is 0 Å². The van der Waals surface area contributed by atoms with Crippen molar-refractivity contribution < 1.29 is 19.7 Å². The second-order valence-electron chi connectivity index (χ2n) is 5.04. The fraction of sp³-hybridized carbons (Fsp3) is 0.625. The Morgan fingerprint density at radius 2 is 1.65 bits per heavy atom. The topological polar surface area (TPSA) is 58.9 Å². The van der Waals surface area contributed by atoms with Crippen molar-refractivity contribution in [3.05, 3.63) is 22.8 Å². The second-order valence-corrected chi connectivity index (χ2v) is 5.04. The molecule has 1 aromatic carbocycles. The summed E-state index contributed by atoms with van der Waals surface area (Å²) in [4.78, 5) is 0. The number of unbranched alkanes of at least 4 members (excludes halogenated alkanes) is 2. The number of aromatic hydroxyl groups is 1. The van der Waals surface area contributed by atoms with Crippen LogP contribution in [0.25, 0.3) is 0 Å². The summed E-state index contributed by atoms with van der Waals surface area (Å²) in [7, 11) is 0. The molecule has 0 bridgehead atoms. The molecule has 0 unspecified atom stereocenters. The van der Waals surface area contributed by atoms with E-state index in [1.807, 2.05) is 26.8 Å². The van der Waals surface area contributed by atoms with E-state index < -0.39 is 0 Å². The first-order valence-corrected chi connectivity index (χ1v) is 7.19. The fourth-order valence-electron chi connectivity index (χ4n) is 2.01. The molecule has 0 atom stereocenters. The zero-order chi connectivity index (χ0) is 15.0. The summed E-state index contributed by atoms with van der Waals surface area (Å²) in [5, 5.41) is 18.4. The minimum atomic E-state index is 0.0853. The molecule has 114 valence electrons. The van der Waals surface area contributed by atoms with Crippen LogP contribution in [0.3, 0.4) is 0 Å². The largest absolute Gasteiger partial charge is 0.507 e. The minimum Gasteiger partial charge on any atom is -0.507 e. The quantitative estimate of drug-likeness (QED) is 0.684. The Hall–Kier alpha value is -1.26. The van der Waals surface area contributed by atoms with Gasteiger partial charge in [-0.15, -0.1) is 0 Å². The standard InChI is InChI=1S/C16H26O4/c1-12-11-15(13(2)14(3)16(12)18)20-9-6-4-5-8-19-10-7-17/h11,17-18H,4-10H2,1-3H3. The van der Waals surface area contributed by atoms with E-state index >= 15 is 0 Å². The molecular weight excluding hydrogens is 256 g/mol. The van der Waals surface area contributed by atoms with Crippen LogP contribution in [0.1, 0.15) is 36.0 Å². The molecule has 0 radical (unpaired) electrons. The van der Waals surface area contributed by atoms with Gasteiger partial charge in [0.1, 0.15) is 11.5 Å². The Kier molecular flexibility index (Phi) is 7.41. The molecule has 0 saturated carbocycles. The molecule has 0 aliphatic carbocycles. The van der Waals surface area contributed by atoms with E-state index in [0.717, 1.165) is 41.7 Å². The molecule has 0 fully saturated rings. The van der Waals surface area contributed by atoms with Crippen LogP contribution in [-0.4, -0.2) is 36.6 Å². The average molecular weight is 282 g/mol. The summed E-state index contributed by atoms with van der Waals surface area (Å²) >= 11 is 0. The second kappa shape index (κ2) is 8.82. The van der Waals surface area contributed by atoms with Crippen molar-refractivity contribution in [2.75, 3.05) is 26.4 Å². The number of benzene rings is 1. The van der Waals surface area contributed by atoms with Gasteiger partial charge in [0.2, 0.25) is 0 Å². The van der Waals surface area contributed by atoms with Gasteiger partial charge in [-0.05, 0) is 62.8 Å². The molecule has 0 heterocycles. The van der Waals surface area contributed by atoms with Gasteiger partial charge in [0.15, 0.2) is 0 Å². The van der Waals surface area contributed by atoms with Crippen LogP contribution >= 0.6 is 0 Å². The van der Waals surface area contributed by atoms with Crippen molar-refractivity contribution in [2.24, 2.45) is 0 Å². The maximum absolute atomic E-state index is 9.84. The van der Waals surface area contributed by atoms with Gasteiger partial charge in [0, 0.05) is 6.61 Å². The number of phenols is 1. The summed E-state index contributed by atoms with van der Waals surface area (Å²) in [6, 6.07) is 1.89. The van der Waals surface area contributed by atoms with Crippen LogP contribution in [0.5, 0.6) is 11.5 Å². The number of aliphatic hydroxyl groups excluding tert-OH is 1. The van der Waals surface area contributed by atoms with Crippen molar-refractivity contribution >= 4 is 0 Å². The van der Waals surface area contributed by atoms with Crippen LogP contribution in [0, 0.1) is 20.8 Å². The lowest BCUT2D eigenvalue weighted by Crippen LogP contribution is -2.03. The van der Waals surface area contributed by atoms with Crippen molar-refractivity contribution in [1.29, 1.82) is 0 Å². The van der Waals surface area contributed by atoms with Crippen LogP contribution in [-0.2, 0) is 4.74 Å². The highest BCUT2D eigenvalue weighted by atomic mass is 16.5. The Balaban J connectivity index is 2.29. The van der Waals surface area contributed by atoms with Crippen molar-refractivity contribution in [3.8, 4) is 11.5 Å². The molecule has 0 saturated heterocycles. The summed E-state index contributed by atoms with van der Waals surface area (Å²) in [5.41, 5.74) is 2.73. The third kappa shape index (κ3) is 5.02. The van der Waals surface area contributed by atoms with E-state index in [2.05, 4.69) is 0 Å². The van der Waals surface area contributed by atoms with Gasteiger partial charge >= 0.3 is 0 Å². The third-order valence-electron chi connectivity index (χ3n) is 3.43. The first kappa shape index (κ1) is 16.8. The summed E-state index contributed by atoms with van der Waals surface area (Å²) < 4.78 is 11.0. The Morgan fingerprint density at radius 1 is 0.950 bits per heavy atom. The number of ether oxygens (including phenoxy) is 2. The smallest absolute Gasteiger partial charge is 0.122 e. The number of hydrogen-bond donors (Lipinski definition) is 2. The monoisotopic (exact) mass is 282 g/mol. The van der Waals surface area contributed by atoms with E-state index in [4.69, 9.17) is 14.6 Å². The highest BCUT2D eigenvalue weighted by Crippen LogP contribution is 2.31. The maximum atomic E-state index is 9.84. The van der Waals surface area contributed by atoms with Crippen LogP contribution in [0.4, 0.5) is 0 Å². The van der Waals surface area contributed by atoms with Gasteiger partial charge in [-0.25, -0.2) is 0 Å². The number of aryl methyl sites for hydroxylation is 1. The van der Waals surface area contributed by atoms with E-state index in [1.165, 1.54) is 0 Å². The lowest BCUT2D eigenvalue weighted by atomic mass is 10.0. The predicted octanol–water partition coefficient (Wildman–Crippen LogP) is 2.88. The van der Waals surface area contributed by atoms with E-state index in [1.54, 1.807) is 0 Å². The first-order chi connectivity index (χ1) is 9.57. The Labute approximate surface area is 121 Å². The van der Waals surface area contributed by atoms with Gasteiger partial charge in [-0.3, -0.25) is 0 Å². The zero-order valence-corrected chi connectivity index (χ0v) is 12.7. The summed E-state index contributed by atoms with van der Waals surface area (Å²) in [6.45, 7) is 7.62. The van der Waals surface area contributed by atoms with Crippen LogP contribution < -0.4 is 4.74 Å². The lowest BCUT2D eigenvalue weighted by Gasteiger charge is -2.14. The van der Waals surface area contributed by atoms with Crippen LogP contribution in [0.2, 0.25) is 0 Å². The van der Waals surface area contributed by atoms with E-state index in [-0.39, 0.29) is 6.61 Å². The number of phenolic OH excluding ortho intramolecular Hbond substituents is 1. The minimum absolute atomic E-state index is 0.0853. The normalized spacial score (nSPS) is 10.8. The first-order valence-electron chi connectivity index (χ1n) is 7.19. The molecule has 4 nitrogen and oxygen atoms in total. The third-order valence-corrected chi connectivity index (χ3v) is 3.43. The molecule has 0 aromatic heterocycles. The highest BCUT2D eigenvalue weighted by molar-refractivity contribution is 5.51. The molecule has 4 heteroatoms. The molecule has 20 heavy (non-hydrogen) atoms. The van der Waals surface area contributed by atoms with Gasteiger partial charge in [0.05, 0.1) is 19.8 Å². The SMILES string of the molecule is Cc1cc(OCCCCCOCCO)c(C)c(C)c1O. The molecule has 2 N–H and O–H groups in total. The molecule has 0 aliphatic rings. The summed E-state index contributed by atoms with van der Waals surface area (Å²) in [5.74, 6) is 1.21. The molecule has 0 aliphatic heterocycles. The zero-order valence-electron chi connectivity index (χ0n) is 12.7. The van der Waals surface area contributed by atoms with Gasteiger partial charge in [-0.1, -0.05) is 0 Å². The number of aliphatic hydroxyl groups is 1. The van der Waals surface area contributed by atoms with Crippen molar-refractivity contribution in [2.45, 2.75) is 40.0 Å². The van der Waals surface area contributed by atoms with Crippen LogP contribution in [0.15, 0.2) is 6.07 Å². The Morgan fingerprint density at radius 3 is 2.35 bits per heavy atom. The predicted molar refractivity (Wildman–Crippen MR) is 79.6 cm³/mol. The average Bonchev–Trinajstić information content (AvgIpc) is 2.44. The van der Waals surface area contributed by atoms with E-state index in [9.17, 15) is 5.11 Å². The lowest BCUT2D eigenvalue weighted by molar-refractivity contribution is 0.0890. The van der Waals surface area contributed by atoms with Gasteiger partial charge in [-0.2, -0.15) is 0 Å². The maximum Gasteiger partial charge on any atom is 0.122 e. The van der Waals surface area contributed by atoms with Gasteiger partial charge in [0.25, 0.3) is 0 Å². The molecule has 1 aromatic rings. The highest BCUT2D eigenvalue weighted by Gasteiger charge is 2.09.